The van der Waals surface area contributed by atoms with Crippen LogP contribution in [0.25, 0.3) is 0 Å². The van der Waals surface area contributed by atoms with E-state index in [0.29, 0.717) is 5.56 Å². The van der Waals surface area contributed by atoms with Crippen molar-refractivity contribution in [3.8, 4) is 11.5 Å². The molecule has 7 nitrogen and oxygen atoms in total. The maximum Gasteiger partial charge on any atom is 0.343 e. The van der Waals surface area contributed by atoms with Crippen molar-refractivity contribution in [3.63, 3.8) is 0 Å². The number of hydrogen-bond donors (Lipinski definition) is 4. The van der Waals surface area contributed by atoms with Crippen LogP contribution in [0.4, 0.5) is 0 Å². The molecule has 0 aliphatic heterocycles. The van der Waals surface area contributed by atoms with Gasteiger partial charge in [-0.2, -0.15) is 0 Å². The molecule has 0 spiro atoms. The molecule has 0 aliphatic carbocycles. The van der Waals surface area contributed by atoms with Crippen LogP contribution < -0.4 is 10.5 Å². The number of phenols is 1. The second-order valence-electron chi connectivity index (χ2n) is 4.90. The Morgan fingerprint density at radius 2 is 2.00 bits per heavy atom. The van der Waals surface area contributed by atoms with Crippen LogP contribution in [-0.2, 0) is 16.0 Å². The fraction of sp³-hybridized carbons (Fsp3) is 0.385. The SMILES string of the molecule is CC(C)(O)C(=O)Oc1cc(CC(N)C(=O)O)ccc1O. The molecule has 1 atom stereocenters. The number of aliphatic hydroxyl groups is 1. The Balaban J connectivity index is 2.92. The van der Waals surface area contributed by atoms with Gasteiger partial charge in [0.15, 0.2) is 17.1 Å². The number of aliphatic carboxylic acids is 1. The van der Waals surface area contributed by atoms with Gasteiger partial charge in [0, 0.05) is 0 Å². The van der Waals surface area contributed by atoms with Crippen LogP contribution >= 0.6 is 0 Å². The fourth-order valence-electron chi connectivity index (χ4n) is 1.33. The molecule has 0 bridgehead atoms. The average Bonchev–Trinajstić information content (AvgIpc) is 2.31. The first kappa shape index (κ1) is 15.9. The minimum atomic E-state index is -1.71. The van der Waals surface area contributed by atoms with Crippen molar-refractivity contribution >= 4 is 11.9 Å². The van der Waals surface area contributed by atoms with Crippen molar-refractivity contribution in [2.75, 3.05) is 0 Å². The molecule has 0 aliphatic rings. The third-order valence-electron chi connectivity index (χ3n) is 2.50. The number of aromatic hydroxyl groups is 1. The van der Waals surface area contributed by atoms with Gasteiger partial charge in [-0.3, -0.25) is 4.79 Å². The smallest absolute Gasteiger partial charge is 0.343 e. The Hall–Kier alpha value is -2.12. The first-order valence-corrected chi connectivity index (χ1v) is 5.86. The van der Waals surface area contributed by atoms with Gasteiger partial charge in [-0.25, -0.2) is 4.79 Å². The Morgan fingerprint density at radius 1 is 1.40 bits per heavy atom. The van der Waals surface area contributed by atoms with E-state index in [1.165, 1.54) is 32.0 Å². The van der Waals surface area contributed by atoms with E-state index < -0.39 is 23.6 Å². The van der Waals surface area contributed by atoms with Crippen LogP contribution in [-0.4, -0.2) is 38.9 Å². The number of carboxylic acids is 1. The largest absolute Gasteiger partial charge is 0.504 e. The van der Waals surface area contributed by atoms with Crippen LogP contribution in [0.3, 0.4) is 0 Å². The van der Waals surface area contributed by atoms with Crippen LogP contribution in [0.2, 0.25) is 0 Å². The monoisotopic (exact) mass is 283 g/mol. The Morgan fingerprint density at radius 3 is 2.50 bits per heavy atom. The number of rotatable bonds is 5. The third-order valence-corrected chi connectivity index (χ3v) is 2.50. The molecule has 20 heavy (non-hydrogen) atoms. The normalized spacial score (nSPS) is 12.8. The quantitative estimate of drug-likeness (QED) is 0.442. The van der Waals surface area contributed by atoms with E-state index in [-0.39, 0.29) is 17.9 Å². The van der Waals surface area contributed by atoms with E-state index >= 15 is 0 Å². The van der Waals surface area contributed by atoms with Gasteiger partial charge in [-0.1, -0.05) is 6.07 Å². The molecule has 0 saturated heterocycles. The number of hydrogen-bond acceptors (Lipinski definition) is 6. The molecule has 0 radical (unpaired) electrons. The van der Waals surface area contributed by atoms with Gasteiger partial charge in [0.25, 0.3) is 0 Å². The maximum atomic E-state index is 11.5. The number of esters is 1. The van der Waals surface area contributed by atoms with E-state index in [2.05, 4.69) is 0 Å². The second-order valence-corrected chi connectivity index (χ2v) is 4.90. The van der Waals surface area contributed by atoms with E-state index in [1.807, 2.05) is 0 Å². The first-order valence-electron chi connectivity index (χ1n) is 5.86. The van der Waals surface area contributed by atoms with Crippen molar-refractivity contribution in [3.05, 3.63) is 23.8 Å². The van der Waals surface area contributed by atoms with Gasteiger partial charge in [-0.05, 0) is 38.0 Å². The number of benzene rings is 1. The Labute approximate surface area is 115 Å². The molecule has 0 saturated carbocycles. The van der Waals surface area contributed by atoms with Crippen molar-refractivity contribution < 1.29 is 29.6 Å². The molecule has 1 rings (SSSR count). The Bertz CT molecular complexity index is 520. The summed E-state index contributed by atoms with van der Waals surface area (Å²) in [5.41, 5.74) is 4.17. The minimum Gasteiger partial charge on any atom is -0.504 e. The first-order chi connectivity index (χ1) is 9.11. The molecule has 0 amide bonds. The highest BCUT2D eigenvalue weighted by Gasteiger charge is 2.27. The van der Waals surface area contributed by atoms with Crippen molar-refractivity contribution in [1.29, 1.82) is 0 Å². The van der Waals surface area contributed by atoms with E-state index in [1.54, 1.807) is 0 Å². The van der Waals surface area contributed by atoms with Crippen LogP contribution in [0.1, 0.15) is 19.4 Å². The number of carbonyl (C=O) groups excluding carboxylic acids is 1. The summed E-state index contributed by atoms with van der Waals surface area (Å²) in [6.07, 6.45) is 0.0165. The maximum absolute atomic E-state index is 11.5. The second kappa shape index (κ2) is 5.89. The summed E-state index contributed by atoms with van der Waals surface area (Å²) in [4.78, 5) is 22.2. The molecule has 0 fully saturated rings. The van der Waals surface area contributed by atoms with Crippen LogP contribution in [0.5, 0.6) is 11.5 Å². The summed E-state index contributed by atoms with van der Waals surface area (Å²) < 4.78 is 4.87. The van der Waals surface area contributed by atoms with Crippen molar-refractivity contribution in [2.45, 2.75) is 31.9 Å². The average molecular weight is 283 g/mol. The van der Waals surface area contributed by atoms with Crippen LogP contribution in [0.15, 0.2) is 18.2 Å². The van der Waals surface area contributed by atoms with Gasteiger partial charge in [0.1, 0.15) is 6.04 Å². The van der Waals surface area contributed by atoms with E-state index in [9.17, 15) is 19.8 Å². The third kappa shape index (κ3) is 4.22. The summed E-state index contributed by atoms with van der Waals surface area (Å²) in [5.74, 6) is -2.55. The number of ether oxygens (including phenoxy) is 1. The molecular weight excluding hydrogens is 266 g/mol. The zero-order chi connectivity index (χ0) is 15.5. The molecule has 110 valence electrons. The molecule has 7 heteroatoms. The Kier molecular flexibility index (Phi) is 4.69. The van der Waals surface area contributed by atoms with Gasteiger partial charge in [-0.15, -0.1) is 0 Å². The summed E-state index contributed by atoms with van der Waals surface area (Å²) in [7, 11) is 0. The lowest BCUT2D eigenvalue weighted by molar-refractivity contribution is -0.151. The number of carbonyl (C=O) groups is 2. The zero-order valence-electron chi connectivity index (χ0n) is 11.2. The van der Waals surface area contributed by atoms with Crippen molar-refractivity contribution in [2.24, 2.45) is 5.73 Å². The van der Waals surface area contributed by atoms with Gasteiger partial charge in [0.05, 0.1) is 0 Å². The number of phenolic OH excluding ortho intramolecular Hbond substituents is 1. The predicted octanol–water partition coefficient (Wildman–Crippen LogP) is 0.0229. The highest BCUT2D eigenvalue weighted by atomic mass is 16.6. The van der Waals surface area contributed by atoms with Gasteiger partial charge < -0.3 is 25.8 Å². The molecule has 1 aromatic rings. The highest BCUT2D eigenvalue weighted by molar-refractivity contribution is 5.81. The number of nitrogens with two attached hydrogens (primary N) is 1. The molecule has 5 N–H and O–H groups in total. The lowest BCUT2D eigenvalue weighted by Gasteiger charge is -2.16. The summed E-state index contributed by atoms with van der Waals surface area (Å²) in [5, 5.41) is 27.8. The van der Waals surface area contributed by atoms with E-state index in [4.69, 9.17) is 15.6 Å². The lowest BCUT2D eigenvalue weighted by Crippen LogP contribution is -2.35. The standard InChI is InChI=1S/C13H17NO6/c1-13(2,19)12(18)20-10-6-7(3-4-9(10)15)5-8(14)11(16)17/h3-4,6,8,15,19H,5,14H2,1-2H3,(H,16,17). The van der Waals surface area contributed by atoms with E-state index in [0.717, 1.165) is 0 Å². The van der Waals surface area contributed by atoms with Crippen LogP contribution in [0, 0.1) is 0 Å². The minimum absolute atomic E-state index is 0.0165. The van der Waals surface area contributed by atoms with Gasteiger partial charge in [0.2, 0.25) is 0 Å². The molecule has 1 unspecified atom stereocenters. The van der Waals surface area contributed by atoms with Gasteiger partial charge >= 0.3 is 11.9 Å². The highest BCUT2D eigenvalue weighted by Crippen LogP contribution is 2.28. The molecule has 0 heterocycles. The zero-order valence-corrected chi connectivity index (χ0v) is 11.2. The molecular formula is C13H17NO6. The molecule has 1 aromatic carbocycles. The lowest BCUT2D eigenvalue weighted by atomic mass is 10.1. The topological polar surface area (TPSA) is 130 Å². The predicted molar refractivity (Wildman–Crippen MR) is 69.4 cm³/mol. The fourth-order valence-corrected chi connectivity index (χ4v) is 1.33. The van der Waals surface area contributed by atoms with Crippen molar-refractivity contribution in [1.82, 2.24) is 0 Å². The number of carboxylic acid groups (broad SMARTS) is 1. The summed E-state index contributed by atoms with van der Waals surface area (Å²) in [6.45, 7) is 2.49. The molecule has 0 aromatic heterocycles. The summed E-state index contributed by atoms with van der Waals surface area (Å²) in [6, 6.07) is 2.94. The summed E-state index contributed by atoms with van der Waals surface area (Å²) >= 11 is 0.